The average Bonchev–Trinajstić information content (AvgIpc) is 2.53. The van der Waals surface area contributed by atoms with E-state index >= 15 is 0 Å². The van der Waals surface area contributed by atoms with Crippen LogP contribution in [0.2, 0.25) is 0 Å². The van der Waals surface area contributed by atoms with Crippen LogP contribution in [0.3, 0.4) is 0 Å². The van der Waals surface area contributed by atoms with Crippen molar-refractivity contribution in [1.82, 2.24) is 4.90 Å². The average molecular weight is 291 g/mol. The Balaban J connectivity index is 2.14. The summed E-state index contributed by atoms with van der Waals surface area (Å²) in [4.78, 5) is 36.5. The van der Waals surface area contributed by atoms with Gasteiger partial charge in [0.25, 0.3) is 5.91 Å². The van der Waals surface area contributed by atoms with Crippen LogP contribution in [-0.4, -0.2) is 48.1 Å². The third-order valence-corrected chi connectivity index (χ3v) is 3.60. The number of amides is 1. The molecule has 0 aromatic heterocycles. The smallest absolute Gasteiger partial charge is 0.335 e. The van der Waals surface area contributed by atoms with E-state index < -0.39 is 5.97 Å². The van der Waals surface area contributed by atoms with E-state index in [1.165, 1.54) is 19.2 Å². The first-order valence-corrected chi connectivity index (χ1v) is 6.73. The topological polar surface area (TPSA) is 83.9 Å². The number of rotatable bonds is 3. The summed E-state index contributed by atoms with van der Waals surface area (Å²) in [5.41, 5.74) is 0.391. The van der Waals surface area contributed by atoms with Gasteiger partial charge in [0.1, 0.15) is 0 Å². The summed E-state index contributed by atoms with van der Waals surface area (Å²) >= 11 is 0. The summed E-state index contributed by atoms with van der Waals surface area (Å²) in [5.74, 6) is -1.95. The summed E-state index contributed by atoms with van der Waals surface area (Å²) in [6, 6.07) is 5.91. The summed E-state index contributed by atoms with van der Waals surface area (Å²) < 4.78 is 4.72. The zero-order valence-corrected chi connectivity index (χ0v) is 11.7. The molecule has 1 saturated heterocycles. The van der Waals surface area contributed by atoms with Crippen LogP contribution in [0, 0.1) is 5.92 Å². The van der Waals surface area contributed by atoms with Gasteiger partial charge in [-0.15, -0.1) is 0 Å². The Morgan fingerprint density at radius 1 is 1.29 bits per heavy atom. The van der Waals surface area contributed by atoms with Crippen molar-refractivity contribution in [2.24, 2.45) is 5.92 Å². The molecule has 1 atom stereocenters. The van der Waals surface area contributed by atoms with Gasteiger partial charge in [-0.3, -0.25) is 9.59 Å². The first-order chi connectivity index (χ1) is 10.0. The van der Waals surface area contributed by atoms with Gasteiger partial charge in [-0.25, -0.2) is 4.79 Å². The van der Waals surface area contributed by atoms with Crippen molar-refractivity contribution in [2.75, 3.05) is 20.2 Å². The largest absolute Gasteiger partial charge is 0.478 e. The Kier molecular flexibility index (Phi) is 4.57. The van der Waals surface area contributed by atoms with Crippen molar-refractivity contribution in [3.05, 3.63) is 35.4 Å². The number of piperidine rings is 1. The highest BCUT2D eigenvalue weighted by Crippen LogP contribution is 2.20. The second kappa shape index (κ2) is 6.39. The van der Waals surface area contributed by atoms with Crippen LogP contribution in [0.5, 0.6) is 0 Å². The molecular formula is C15H17NO5. The first-order valence-electron chi connectivity index (χ1n) is 6.73. The van der Waals surface area contributed by atoms with Crippen molar-refractivity contribution in [3.63, 3.8) is 0 Å². The minimum Gasteiger partial charge on any atom is -0.478 e. The molecule has 0 spiro atoms. The lowest BCUT2D eigenvalue weighted by molar-refractivity contribution is -0.146. The number of nitrogens with zero attached hydrogens (tertiary/aromatic N) is 1. The van der Waals surface area contributed by atoms with Gasteiger partial charge in [-0.05, 0) is 31.0 Å². The molecule has 0 aliphatic carbocycles. The molecule has 21 heavy (non-hydrogen) atoms. The van der Waals surface area contributed by atoms with Crippen LogP contribution in [0.4, 0.5) is 0 Å². The maximum absolute atomic E-state index is 12.4. The quantitative estimate of drug-likeness (QED) is 0.851. The number of esters is 1. The van der Waals surface area contributed by atoms with Gasteiger partial charge >= 0.3 is 11.9 Å². The molecule has 1 amide bonds. The van der Waals surface area contributed by atoms with Crippen molar-refractivity contribution >= 4 is 17.8 Å². The maximum atomic E-state index is 12.4. The number of carbonyl (C=O) groups is 3. The van der Waals surface area contributed by atoms with E-state index in [0.29, 0.717) is 25.1 Å². The second-order valence-corrected chi connectivity index (χ2v) is 5.00. The van der Waals surface area contributed by atoms with Gasteiger partial charge < -0.3 is 14.7 Å². The Morgan fingerprint density at radius 3 is 2.67 bits per heavy atom. The van der Waals surface area contributed by atoms with E-state index in [9.17, 15) is 14.4 Å². The predicted octanol–water partition coefficient (Wildman–Crippen LogP) is 1.41. The van der Waals surface area contributed by atoms with Crippen LogP contribution in [-0.2, 0) is 9.53 Å². The van der Waals surface area contributed by atoms with Gasteiger partial charge in [-0.2, -0.15) is 0 Å². The van der Waals surface area contributed by atoms with Crippen LogP contribution in [0.15, 0.2) is 24.3 Å². The molecule has 112 valence electrons. The molecular weight excluding hydrogens is 274 g/mol. The number of likely N-dealkylation sites (tertiary alicyclic amines) is 1. The van der Waals surface area contributed by atoms with Crippen molar-refractivity contribution < 1.29 is 24.2 Å². The second-order valence-electron chi connectivity index (χ2n) is 5.00. The number of benzene rings is 1. The van der Waals surface area contributed by atoms with E-state index in [4.69, 9.17) is 9.84 Å². The molecule has 1 aliphatic rings. The third-order valence-electron chi connectivity index (χ3n) is 3.60. The summed E-state index contributed by atoms with van der Waals surface area (Å²) in [6.07, 6.45) is 1.43. The van der Waals surface area contributed by atoms with Crippen molar-refractivity contribution in [3.8, 4) is 0 Å². The minimum absolute atomic E-state index is 0.0716. The Labute approximate surface area is 122 Å². The Morgan fingerprint density at radius 2 is 2.00 bits per heavy atom. The normalized spacial score (nSPS) is 18.1. The number of carboxylic acid groups (broad SMARTS) is 1. The molecule has 6 nitrogen and oxygen atoms in total. The van der Waals surface area contributed by atoms with Gasteiger partial charge in [-0.1, -0.05) is 6.07 Å². The predicted molar refractivity (Wildman–Crippen MR) is 74.0 cm³/mol. The number of methoxy groups -OCH3 is 1. The van der Waals surface area contributed by atoms with Crippen LogP contribution in [0.25, 0.3) is 0 Å². The number of aromatic carboxylic acids is 1. The molecule has 1 aromatic rings. The van der Waals surface area contributed by atoms with Crippen LogP contribution < -0.4 is 0 Å². The van der Waals surface area contributed by atoms with Gasteiger partial charge in [0.15, 0.2) is 0 Å². The highest BCUT2D eigenvalue weighted by atomic mass is 16.5. The Hall–Kier alpha value is -2.37. The van der Waals surface area contributed by atoms with E-state index in [1.54, 1.807) is 17.0 Å². The van der Waals surface area contributed by atoms with Crippen molar-refractivity contribution in [2.45, 2.75) is 12.8 Å². The molecule has 1 aliphatic heterocycles. The van der Waals surface area contributed by atoms with Gasteiger partial charge in [0, 0.05) is 18.7 Å². The lowest BCUT2D eigenvalue weighted by atomic mass is 9.97. The molecule has 1 N–H and O–H groups in total. The fraction of sp³-hybridized carbons (Fsp3) is 0.400. The molecule has 0 bridgehead atoms. The lowest BCUT2D eigenvalue weighted by Crippen LogP contribution is -2.42. The van der Waals surface area contributed by atoms with Gasteiger partial charge in [0.05, 0.1) is 18.6 Å². The summed E-state index contributed by atoms with van der Waals surface area (Å²) in [6.45, 7) is 0.867. The number of hydrogen-bond acceptors (Lipinski definition) is 4. The molecule has 6 heteroatoms. The summed E-state index contributed by atoms with van der Waals surface area (Å²) in [5, 5.41) is 8.96. The molecule has 2 rings (SSSR count). The van der Waals surface area contributed by atoms with E-state index in [0.717, 1.165) is 6.42 Å². The standard InChI is InChI=1S/C15H17NO5/c1-21-15(20)12-6-3-7-16(9-12)13(17)10-4-2-5-11(8-10)14(18)19/h2,4-5,8,12H,3,6-7,9H2,1H3,(H,18,19)/t12-/m0/s1. The first kappa shape index (κ1) is 15.0. The molecule has 0 unspecified atom stereocenters. The molecule has 0 radical (unpaired) electrons. The van der Waals surface area contributed by atoms with E-state index in [-0.39, 0.29) is 23.4 Å². The highest BCUT2D eigenvalue weighted by molar-refractivity contribution is 5.97. The monoisotopic (exact) mass is 291 g/mol. The summed E-state index contributed by atoms with van der Waals surface area (Å²) in [7, 11) is 1.33. The highest BCUT2D eigenvalue weighted by Gasteiger charge is 2.29. The van der Waals surface area contributed by atoms with Crippen LogP contribution in [0.1, 0.15) is 33.6 Å². The molecule has 0 saturated carbocycles. The third kappa shape index (κ3) is 3.39. The molecule has 1 aromatic carbocycles. The van der Waals surface area contributed by atoms with Crippen LogP contribution >= 0.6 is 0 Å². The minimum atomic E-state index is -1.07. The fourth-order valence-corrected chi connectivity index (χ4v) is 2.49. The van der Waals surface area contributed by atoms with Gasteiger partial charge in [0.2, 0.25) is 0 Å². The van der Waals surface area contributed by atoms with E-state index in [1.807, 2.05) is 0 Å². The fourth-order valence-electron chi connectivity index (χ4n) is 2.49. The Bertz CT molecular complexity index is 569. The number of carboxylic acids is 1. The number of carbonyl (C=O) groups excluding carboxylic acids is 2. The molecule has 1 fully saturated rings. The zero-order chi connectivity index (χ0) is 15.4. The maximum Gasteiger partial charge on any atom is 0.335 e. The number of ether oxygens (including phenoxy) is 1. The number of hydrogen-bond donors (Lipinski definition) is 1. The zero-order valence-electron chi connectivity index (χ0n) is 11.7. The SMILES string of the molecule is COC(=O)[C@H]1CCCN(C(=O)c2cccc(C(=O)O)c2)C1. The van der Waals surface area contributed by atoms with E-state index in [2.05, 4.69) is 0 Å². The molecule has 1 heterocycles. The van der Waals surface area contributed by atoms with Crippen molar-refractivity contribution in [1.29, 1.82) is 0 Å². The lowest BCUT2D eigenvalue weighted by Gasteiger charge is -2.31.